The highest BCUT2D eigenvalue weighted by Gasteiger charge is 2.26. The Morgan fingerprint density at radius 1 is 1.39 bits per heavy atom. The van der Waals surface area contributed by atoms with Gasteiger partial charge in [-0.05, 0) is 30.7 Å². The second kappa shape index (κ2) is 5.19. The van der Waals surface area contributed by atoms with Gasteiger partial charge in [-0.3, -0.25) is 20.4 Å². The van der Waals surface area contributed by atoms with Crippen molar-refractivity contribution in [3.8, 4) is 6.07 Å². The zero-order chi connectivity index (χ0) is 13.0. The molecule has 1 aliphatic heterocycles. The van der Waals surface area contributed by atoms with Gasteiger partial charge in [0.2, 0.25) is 5.91 Å². The monoisotopic (exact) mass is 244 g/mol. The van der Waals surface area contributed by atoms with Gasteiger partial charge in [0.15, 0.2) is 0 Å². The number of amides is 2. The molecule has 6 nitrogen and oxygen atoms in total. The number of nitriles is 1. The Labute approximate surface area is 104 Å². The molecule has 0 saturated carbocycles. The first kappa shape index (κ1) is 11.9. The van der Waals surface area contributed by atoms with Crippen LogP contribution < -0.4 is 16.2 Å². The predicted molar refractivity (Wildman–Crippen MR) is 64.1 cm³/mol. The Morgan fingerprint density at radius 3 is 2.67 bits per heavy atom. The molecule has 0 radical (unpaired) electrons. The first-order chi connectivity index (χ1) is 8.69. The van der Waals surface area contributed by atoms with Crippen molar-refractivity contribution < 1.29 is 9.59 Å². The standard InChI is InChI=1S/C12H12N4O2/c13-7-8-1-3-9(4-2-8)15-16-12(18)10-5-6-11(17)14-10/h1-4,10,15H,5-6H2,(H,14,17)(H,16,18). The number of rotatable bonds is 3. The van der Waals surface area contributed by atoms with E-state index in [-0.39, 0.29) is 11.8 Å². The number of hydrazine groups is 1. The van der Waals surface area contributed by atoms with Crippen LogP contribution in [0.15, 0.2) is 24.3 Å². The van der Waals surface area contributed by atoms with Crippen LogP contribution in [-0.4, -0.2) is 17.9 Å². The maximum absolute atomic E-state index is 11.6. The summed E-state index contributed by atoms with van der Waals surface area (Å²) in [6.45, 7) is 0. The molecular formula is C12H12N4O2. The maximum atomic E-state index is 11.6. The summed E-state index contributed by atoms with van der Waals surface area (Å²) in [6, 6.07) is 8.20. The molecule has 1 aromatic carbocycles. The molecule has 0 aliphatic carbocycles. The maximum Gasteiger partial charge on any atom is 0.260 e. The summed E-state index contributed by atoms with van der Waals surface area (Å²) in [5, 5.41) is 11.2. The highest BCUT2D eigenvalue weighted by Crippen LogP contribution is 2.09. The Balaban J connectivity index is 1.85. The van der Waals surface area contributed by atoms with Gasteiger partial charge in [-0.1, -0.05) is 0 Å². The number of benzene rings is 1. The molecule has 6 heteroatoms. The largest absolute Gasteiger partial charge is 0.344 e. The fourth-order valence-electron chi connectivity index (χ4n) is 1.66. The molecular weight excluding hydrogens is 232 g/mol. The lowest BCUT2D eigenvalue weighted by Gasteiger charge is -2.12. The first-order valence-electron chi connectivity index (χ1n) is 5.54. The van der Waals surface area contributed by atoms with Crippen molar-refractivity contribution in [1.82, 2.24) is 10.7 Å². The van der Waals surface area contributed by atoms with Gasteiger partial charge < -0.3 is 5.32 Å². The van der Waals surface area contributed by atoms with Crippen molar-refractivity contribution in [2.75, 3.05) is 5.43 Å². The van der Waals surface area contributed by atoms with E-state index in [0.717, 1.165) is 0 Å². The Bertz CT molecular complexity index is 504. The molecule has 0 bridgehead atoms. The highest BCUT2D eigenvalue weighted by molar-refractivity contribution is 5.91. The highest BCUT2D eigenvalue weighted by atomic mass is 16.2. The van der Waals surface area contributed by atoms with Gasteiger partial charge in [0, 0.05) is 6.42 Å². The van der Waals surface area contributed by atoms with Crippen LogP contribution in [0.1, 0.15) is 18.4 Å². The summed E-state index contributed by atoms with van der Waals surface area (Å²) in [5.74, 6) is -0.376. The fraction of sp³-hybridized carbons (Fsp3) is 0.250. The number of anilines is 1. The van der Waals surface area contributed by atoms with E-state index in [1.165, 1.54) is 0 Å². The average molecular weight is 244 g/mol. The van der Waals surface area contributed by atoms with Gasteiger partial charge in [-0.2, -0.15) is 5.26 Å². The van der Waals surface area contributed by atoms with Gasteiger partial charge in [-0.25, -0.2) is 0 Å². The van der Waals surface area contributed by atoms with Gasteiger partial charge in [0.05, 0.1) is 17.3 Å². The van der Waals surface area contributed by atoms with Gasteiger partial charge in [0.1, 0.15) is 6.04 Å². The van der Waals surface area contributed by atoms with Crippen LogP contribution >= 0.6 is 0 Å². The second-order valence-electron chi connectivity index (χ2n) is 3.96. The number of carbonyl (C=O) groups excluding carboxylic acids is 2. The van der Waals surface area contributed by atoms with Crippen LogP contribution in [0.5, 0.6) is 0 Å². The summed E-state index contributed by atoms with van der Waals surface area (Å²) in [6.07, 6.45) is 0.897. The van der Waals surface area contributed by atoms with E-state index in [9.17, 15) is 9.59 Å². The van der Waals surface area contributed by atoms with E-state index in [2.05, 4.69) is 16.2 Å². The molecule has 18 heavy (non-hydrogen) atoms. The van der Waals surface area contributed by atoms with Crippen molar-refractivity contribution in [2.24, 2.45) is 0 Å². The van der Waals surface area contributed by atoms with E-state index < -0.39 is 6.04 Å². The normalized spacial score (nSPS) is 17.7. The van der Waals surface area contributed by atoms with Crippen LogP contribution in [0.3, 0.4) is 0 Å². The van der Waals surface area contributed by atoms with Crippen LogP contribution in [0.2, 0.25) is 0 Å². The quantitative estimate of drug-likeness (QED) is 0.666. The van der Waals surface area contributed by atoms with Crippen molar-refractivity contribution in [1.29, 1.82) is 5.26 Å². The molecule has 1 fully saturated rings. The van der Waals surface area contributed by atoms with E-state index in [4.69, 9.17) is 5.26 Å². The first-order valence-corrected chi connectivity index (χ1v) is 5.54. The minimum absolute atomic E-state index is 0.103. The molecule has 1 heterocycles. The molecule has 0 aromatic heterocycles. The lowest BCUT2D eigenvalue weighted by molar-refractivity contribution is -0.125. The topological polar surface area (TPSA) is 94.0 Å². The molecule has 92 valence electrons. The van der Waals surface area contributed by atoms with Crippen molar-refractivity contribution >= 4 is 17.5 Å². The van der Waals surface area contributed by atoms with E-state index in [1.54, 1.807) is 24.3 Å². The summed E-state index contributed by atoms with van der Waals surface area (Å²) < 4.78 is 0. The number of carbonyl (C=O) groups is 2. The summed E-state index contributed by atoms with van der Waals surface area (Å²) >= 11 is 0. The number of hydrogen-bond acceptors (Lipinski definition) is 4. The molecule has 3 N–H and O–H groups in total. The molecule has 2 rings (SSSR count). The third-order valence-corrected chi connectivity index (χ3v) is 2.66. The van der Waals surface area contributed by atoms with Crippen LogP contribution in [-0.2, 0) is 9.59 Å². The zero-order valence-electron chi connectivity index (χ0n) is 9.56. The molecule has 1 saturated heterocycles. The fourth-order valence-corrected chi connectivity index (χ4v) is 1.66. The van der Waals surface area contributed by atoms with Gasteiger partial charge >= 0.3 is 0 Å². The van der Waals surface area contributed by atoms with Crippen molar-refractivity contribution in [3.63, 3.8) is 0 Å². The van der Waals surface area contributed by atoms with E-state index in [0.29, 0.717) is 24.1 Å². The smallest absolute Gasteiger partial charge is 0.260 e. The Hall–Kier alpha value is -2.55. The molecule has 1 unspecified atom stereocenters. The lowest BCUT2D eigenvalue weighted by Crippen LogP contribution is -2.43. The molecule has 0 spiro atoms. The number of nitrogens with one attached hydrogen (secondary N) is 3. The minimum atomic E-state index is -0.469. The van der Waals surface area contributed by atoms with E-state index >= 15 is 0 Å². The van der Waals surface area contributed by atoms with E-state index in [1.807, 2.05) is 6.07 Å². The average Bonchev–Trinajstić information content (AvgIpc) is 2.83. The summed E-state index contributed by atoms with van der Waals surface area (Å²) in [7, 11) is 0. The zero-order valence-corrected chi connectivity index (χ0v) is 9.56. The van der Waals surface area contributed by atoms with Gasteiger partial charge in [0.25, 0.3) is 5.91 Å². The second-order valence-corrected chi connectivity index (χ2v) is 3.96. The summed E-state index contributed by atoms with van der Waals surface area (Å²) in [4.78, 5) is 22.6. The van der Waals surface area contributed by atoms with Gasteiger partial charge in [-0.15, -0.1) is 0 Å². The molecule has 1 aliphatic rings. The van der Waals surface area contributed by atoms with Crippen LogP contribution in [0, 0.1) is 11.3 Å². The lowest BCUT2D eigenvalue weighted by atomic mass is 10.2. The number of nitrogens with zero attached hydrogens (tertiary/aromatic N) is 1. The third kappa shape index (κ3) is 2.77. The van der Waals surface area contributed by atoms with Crippen LogP contribution in [0.25, 0.3) is 0 Å². The third-order valence-electron chi connectivity index (χ3n) is 2.66. The predicted octanol–water partition coefficient (Wildman–Crippen LogP) is 0.280. The SMILES string of the molecule is N#Cc1ccc(NNC(=O)C2CCC(=O)N2)cc1. The number of hydrogen-bond donors (Lipinski definition) is 3. The van der Waals surface area contributed by atoms with Crippen LogP contribution in [0.4, 0.5) is 5.69 Å². The molecule has 1 aromatic rings. The Kier molecular flexibility index (Phi) is 3.44. The van der Waals surface area contributed by atoms with Crippen molar-refractivity contribution in [2.45, 2.75) is 18.9 Å². The molecule has 2 amide bonds. The van der Waals surface area contributed by atoms with Crippen molar-refractivity contribution in [3.05, 3.63) is 29.8 Å². The Morgan fingerprint density at radius 2 is 2.11 bits per heavy atom. The molecule has 1 atom stereocenters. The minimum Gasteiger partial charge on any atom is -0.344 e. The summed E-state index contributed by atoms with van der Waals surface area (Å²) in [5.41, 5.74) is 6.46.